The Balaban J connectivity index is 2.49. The lowest BCUT2D eigenvalue weighted by Gasteiger charge is -2.31. The maximum Gasteiger partial charge on any atom is 0.199 e. The van der Waals surface area contributed by atoms with Crippen molar-refractivity contribution in [3.05, 3.63) is 84.4 Å². The maximum atomic E-state index is 13.0. The molecule has 2 rings (SSSR count). The van der Waals surface area contributed by atoms with E-state index in [9.17, 15) is 4.79 Å². The molecule has 0 fully saturated rings. The van der Waals surface area contributed by atoms with Gasteiger partial charge in [-0.2, -0.15) is 0 Å². The molecule has 0 bridgehead atoms. The number of rotatable bonds is 7. The van der Waals surface area contributed by atoms with Gasteiger partial charge in [-0.1, -0.05) is 73.7 Å². The molecule has 1 atom stereocenters. The fourth-order valence-corrected chi connectivity index (χ4v) is 2.48. The van der Waals surface area contributed by atoms with Crippen LogP contribution in [0.3, 0.4) is 0 Å². The Morgan fingerprint density at radius 2 is 1.67 bits per heavy atom. The number of hydrogen-bond donors (Lipinski definition) is 0. The lowest BCUT2D eigenvalue weighted by atomic mass is 9.83. The predicted molar refractivity (Wildman–Crippen MR) is 85.3 cm³/mol. The van der Waals surface area contributed by atoms with Crippen molar-refractivity contribution in [3.63, 3.8) is 0 Å². The summed E-state index contributed by atoms with van der Waals surface area (Å²) in [6.45, 7) is 5.99. The van der Waals surface area contributed by atoms with Crippen LogP contribution in [0.2, 0.25) is 0 Å². The van der Waals surface area contributed by atoms with E-state index in [1.807, 2.05) is 67.6 Å². The third kappa shape index (κ3) is 3.11. The maximum absolute atomic E-state index is 13.0. The van der Waals surface area contributed by atoms with Crippen LogP contribution in [0.25, 0.3) is 0 Å². The van der Waals surface area contributed by atoms with E-state index in [4.69, 9.17) is 4.74 Å². The van der Waals surface area contributed by atoms with Crippen molar-refractivity contribution in [1.82, 2.24) is 0 Å². The van der Waals surface area contributed by atoms with Gasteiger partial charge >= 0.3 is 0 Å². The lowest BCUT2D eigenvalue weighted by molar-refractivity contribution is -0.0196. The zero-order chi connectivity index (χ0) is 15.1. The van der Waals surface area contributed by atoms with Crippen molar-refractivity contribution >= 4 is 5.78 Å². The normalized spacial score (nSPS) is 13.4. The van der Waals surface area contributed by atoms with E-state index in [2.05, 4.69) is 6.58 Å². The predicted octanol–water partition coefficient (Wildman–Crippen LogP) is 4.38. The first-order valence-corrected chi connectivity index (χ1v) is 7.15. The van der Waals surface area contributed by atoms with Gasteiger partial charge in [0.25, 0.3) is 0 Å². The first-order chi connectivity index (χ1) is 10.2. The molecule has 0 aliphatic carbocycles. The smallest absolute Gasteiger partial charge is 0.199 e. The van der Waals surface area contributed by atoms with E-state index >= 15 is 0 Å². The lowest BCUT2D eigenvalue weighted by Crippen LogP contribution is -2.38. The van der Waals surface area contributed by atoms with Gasteiger partial charge in [0.1, 0.15) is 0 Å². The summed E-state index contributed by atoms with van der Waals surface area (Å²) in [5, 5.41) is 0. The fraction of sp³-hybridized carbons (Fsp3) is 0.211. The topological polar surface area (TPSA) is 26.3 Å². The highest BCUT2D eigenvalue weighted by Gasteiger charge is 2.39. The van der Waals surface area contributed by atoms with Crippen molar-refractivity contribution in [2.24, 2.45) is 0 Å². The van der Waals surface area contributed by atoms with Crippen LogP contribution >= 0.6 is 0 Å². The van der Waals surface area contributed by atoms with Gasteiger partial charge in [-0.15, -0.1) is 6.58 Å². The van der Waals surface area contributed by atoms with Gasteiger partial charge < -0.3 is 4.74 Å². The standard InChI is InChI=1S/C19H20O2/c1-3-15-21-19(4-2,17-13-9-6-10-14-17)18(20)16-11-7-5-8-12-16/h3,5-14H,1,4,15H2,2H3. The third-order valence-electron chi connectivity index (χ3n) is 3.59. The zero-order valence-corrected chi connectivity index (χ0v) is 12.3. The molecule has 1 unspecified atom stereocenters. The molecule has 21 heavy (non-hydrogen) atoms. The minimum absolute atomic E-state index is 0.0151. The molecule has 0 aromatic heterocycles. The highest BCUT2D eigenvalue weighted by molar-refractivity contribution is 6.03. The molecule has 108 valence electrons. The fourth-order valence-electron chi connectivity index (χ4n) is 2.48. The number of carbonyl (C=O) groups excluding carboxylic acids is 1. The number of carbonyl (C=O) groups is 1. The summed E-state index contributed by atoms with van der Waals surface area (Å²) >= 11 is 0. The van der Waals surface area contributed by atoms with E-state index < -0.39 is 5.60 Å². The van der Waals surface area contributed by atoms with Crippen LogP contribution in [-0.2, 0) is 10.3 Å². The average molecular weight is 280 g/mol. The number of Topliss-reactive ketones (excluding diaryl/α,β-unsaturated/α-hetero) is 1. The van der Waals surface area contributed by atoms with Crippen LogP contribution in [-0.4, -0.2) is 12.4 Å². The number of ketones is 1. The van der Waals surface area contributed by atoms with Crippen LogP contribution in [0.15, 0.2) is 73.3 Å². The zero-order valence-electron chi connectivity index (χ0n) is 12.3. The van der Waals surface area contributed by atoms with Crippen LogP contribution in [0.5, 0.6) is 0 Å². The van der Waals surface area contributed by atoms with Crippen molar-refractivity contribution in [3.8, 4) is 0 Å². The van der Waals surface area contributed by atoms with Gasteiger partial charge in [0.15, 0.2) is 11.4 Å². The molecule has 0 saturated heterocycles. The van der Waals surface area contributed by atoms with Crippen LogP contribution in [0, 0.1) is 0 Å². The van der Waals surface area contributed by atoms with E-state index in [-0.39, 0.29) is 5.78 Å². The number of hydrogen-bond acceptors (Lipinski definition) is 2. The molecular formula is C19H20O2. The Bertz CT molecular complexity index is 589. The summed E-state index contributed by atoms with van der Waals surface area (Å²) in [7, 11) is 0. The van der Waals surface area contributed by atoms with Crippen molar-refractivity contribution < 1.29 is 9.53 Å². The monoisotopic (exact) mass is 280 g/mol. The van der Waals surface area contributed by atoms with Crippen LogP contribution in [0.1, 0.15) is 29.3 Å². The molecular weight excluding hydrogens is 260 g/mol. The Morgan fingerprint density at radius 1 is 1.10 bits per heavy atom. The third-order valence-corrected chi connectivity index (χ3v) is 3.59. The molecule has 0 heterocycles. The Hall–Kier alpha value is -2.19. The highest BCUT2D eigenvalue weighted by atomic mass is 16.5. The van der Waals surface area contributed by atoms with Gasteiger partial charge in [0, 0.05) is 5.56 Å². The molecule has 0 aliphatic rings. The molecule has 0 spiro atoms. The van der Waals surface area contributed by atoms with E-state index in [1.165, 1.54) is 0 Å². The summed E-state index contributed by atoms with van der Waals surface area (Å²) in [6, 6.07) is 18.9. The Kier molecular flexibility index (Phi) is 5.07. The van der Waals surface area contributed by atoms with Gasteiger partial charge in [0.05, 0.1) is 6.61 Å². The van der Waals surface area contributed by atoms with Crippen molar-refractivity contribution in [1.29, 1.82) is 0 Å². The van der Waals surface area contributed by atoms with E-state index in [1.54, 1.807) is 6.08 Å². The summed E-state index contributed by atoms with van der Waals surface area (Å²) in [6.07, 6.45) is 2.24. The Morgan fingerprint density at radius 3 is 2.19 bits per heavy atom. The molecule has 2 nitrogen and oxygen atoms in total. The summed E-state index contributed by atoms with van der Waals surface area (Å²) in [5.41, 5.74) is 0.576. The van der Waals surface area contributed by atoms with Gasteiger partial charge in [0.2, 0.25) is 0 Å². The molecule has 0 amide bonds. The van der Waals surface area contributed by atoms with Gasteiger partial charge in [-0.05, 0) is 12.0 Å². The van der Waals surface area contributed by atoms with Gasteiger partial charge in [-0.3, -0.25) is 4.79 Å². The molecule has 2 aromatic carbocycles. The minimum atomic E-state index is -0.962. The van der Waals surface area contributed by atoms with Gasteiger partial charge in [-0.25, -0.2) is 0 Å². The second kappa shape index (κ2) is 7.00. The second-order valence-corrected chi connectivity index (χ2v) is 4.84. The second-order valence-electron chi connectivity index (χ2n) is 4.84. The quantitative estimate of drug-likeness (QED) is 0.556. The Labute approximate surface area is 126 Å². The van der Waals surface area contributed by atoms with Crippen molar-refractivity contribution in [2.45, 2.75) is 18.9 Å². The summed E-state index contributed by atoms with van der Waals surface area (Å²) in [4.78, 5) is 13.0. The molecule has 0 radical (unpaired) electrons. The first kappa shape index (κ1) is 15.2. The van der Waals surface area contributed by atoms with E-state index in [0.29, 0.717) is 18.6 Å². The minimum Gasteiger partial charge on any atom is -0.358 e. The van der Waals surface area contributed by atoms with Crippen LogP contribution in [0.4, 0.5) is 0 Å². The van der Waals surface area contributed by atoms with Crippen LogP contribution < -0.4 is 0 Å². The molecule has 2 heteroatoms. The number of benzene rings is 2. The molecule has 0 N–H and O–H groups in total. The molecule has 0 saturated carbocycles. The number of ether oxygens (including phenoxy) is 1. The summed E-state index contributed by atoms with van der Waals surface area (Å²) < 4.78 is 5.96. The van der Waals surface area contributed by atoms with Crippen molar-refractivity contribution in [2.75, 3.05) is 6.61 Å². The van der Waals surface area contributed by atoms with E-state index in [0.717, 1.165) is 5.56 Å². The molecule has 0 aliphatic heterocycles. The summed E-state index contributed by atoms with van der Waals surface area (Å²) in [5.74, 6) is -0.0151. The SMILES string of the molecule is C=CCOC(CC)(C(=O)c1ccccc1)c1ccccc1. The highest BCUT2D eigenvalue weighted by Crippen LogP contribution is 2.33. The average Bonchev–Trinajstić information content (AvgIpc) is 2.57. The first-order valence-electron chi connectivity index (χ1n) is 7.15. The largest absolute Gasteiger partial charge is 0.358 e. The molecule has 2 aromatic rings.